The number of aliphatic hydroxyl groups excluding tert-OH is 3. The predicted octanol–water partition coefficient (Wildman–Crippen LogP) is 3.36. The van der Waals surface area contributed by atoms with Crippen LogP contribution in [-0.4, -0.2) is 109 Å². The Labute approximate surface area is 244 Å². The molecule has 9 nitrogen and oxygen atoms in total. The molecule has 2 atom stereocenters. The molecular formula is C31H58O9. The summed E-state index contributed by atoms with van der Waals surface area (Å²) in [5.41, 5.74) is -2.22. The Morgan fingerprint density at radius 3 is 1.10 bits per heavy atom. The number of ether oxygens (including phenoxy) is 6. The van der Waals surface area contributed by atoms with E-state index >= 15 is 0 Å². The summed E-state index contributed by atoms with van der Waals surface area (Å²) >= 11 is 0. The Kier molecular flexibility index (Phi) is 21.9. The van der Waals surface area contributed by atoms with Crippen LogP contribution in [0.2, 0.25) is 0 Å². The van der Waals surface area contributed by atoms with Crippen LogP contribution in [0.4, 0.5) is 0 Å². The topological polar surface area (TPSA) is 116 Å². The SMILES string of the molecule is CC(O)COCCOC(C)(C)C#CC(C)(C)OCCOCC(C)O.CCCOC(C)(C)C#CC(C)(C)OCCO. The third kappa shape index (κ3) is 28.3. The zero-order valence-corrected chi connectivity index (χ0v) is 27.0. The van der Waals surface area contributed by atoms with Gasteiger partial charge in [-0.15, -0.1) is 0 Å². The maximum absolute atomic E-state index is 9.09. The van der Waals surface area contributed by atoms with Crippen LogP contribution in [0.3, 0.4) is 0 Å². The molecule has 0 bridgehead atoms. The van der Waals surface area contributed by atoms with Gasteiger partial charge in [0, 0.05) is 6.61 Å². The van der Waals surface area contributed by atoms with Crippen LogP contribution in [0.5, 0.6) is 0 Å². The van der Waals surface area contributed by atoms with Crippen molar-refractivity contribution >= 4 is 0 Å². The van der Waals surface area contributed by atoms with Gasteiger partial charge in [0.1, 0.15) is 22.4 Å². The Bertz CT molecular complexity index is 692. The van der Waals surface area contributed by atoms with Gasteiger partial charge in [-0.05, 0) is 75.7 Å². The van der Waals surface area contributed by atoms with E-state index in [1.807, 2.05) is 55.4 Å². The van der Waals surface area contributed by atoms with Gasteiger partial charge in [0.25, 0.3) is 0 Å². The summed E-state index contributed by atoms with van der Waals surface area (Å²) in [5, 5.41) is 26.9. The minimum atomic E-state index is -0.613. The van der Waals surface area contributed by atoms with Gasteiger partial charge in [0.2, 0.25) is 0 Å². The van der Waals surface area contributed by atoms with E-state index in [0.717, 1.165) is 6.42 Å². The largest absolute Gasteiger partial charge is 0.394 e. The first-order valence-corrected chi connectivity index (χ1v) is 14.1. The highest BCUT2D eigenvalue weighted by Crippen LogP contribution is 2.13. The first kappa shape index (κ1) is 40.9. The summed E-state index contributed by atoms with van der Waals surface area (Å²) in [4.78, 5) is 0. The van der Waals surface area contributed by atoms with Crippen LogP contribution in [0.1, 0.15) is 82.6 Å². The van der Waals surface area contributed by atoms with E-state index < -0.39 is 34.6 Å². The summed E-state index contributed by atoms with van der Waals surface area (Å²) in [5.74, 6) is 12.2. The van der Waals surface area contributed by atoms with Crippen molar-refractivity contribution in [2.75, 3.05) is 59.5 Å². The van der Waals surface area contributed by atoms with Crippen LogP contribution in [0, 0.1) is 23.7 Å². The van der Waals surface area contributed by atoms with Gasteiger partial charge in [0.05, 0.1) is 65.1 Å². The first-order chi connectivity index (χ1) is 18.4. The third-order valence-electron chi connectivity index (χ3n) is 4.65. The van der Waals surface area contributed by atoms with Gasteiger partial charge in [-0.1, -0.05) is 30.6 Å². The molecule has 0 heterocycles. The molecule has 2 unspecified atom stereocenters. The van der Waals surface area contributed by atoms with Gasteiger partial charge < -0.3 is 43.7 Å². The summed E-state index contributed by atoms with van der Waals surface area (Å²) in [6.07, 6.45) is 0.0378. The lowest BCUT2D eigenvalue weighted by atomic mass is 10.1. The lowest BCUT2D eigenvalue weighted by Crippen LogP contribution is -2.29. The van der Waals surface area contributed by atoms with E-state index in [2.05, 4.69) is 30.6 Å². The average Bonchev–Trinajstić information content (AvgIpc) is 2.84. The summed E-state index contributed by atoms with van der Waals surface area (Å²) in [6.45, 7) is 23.9. The van der Waals surface area contributed by atoms with E-state index in [0.29, 0.717) is 52.9 Å². The molecule has 40 heavy (non-hydrogen) atoms. The minimum absolute atomic E-state index is 0.0147. The molecule has 0 aromatic heterocycles. The van der Waals surface area contributed by atoms with Crippen LogP contribution < -0.4 is 0 Å². The zero-order chi connectivity index (χ0) is 31.3. The van der Waals surface area contributed by atoms with E-state index in [1.165, 1.54) is 0 Å². The van der Waals surface area contributed by atoms with Gasteiger partial charge in [-0.25, -0.2) is 0 Å². The monoisotopic (exact) mass is 574 g/mol. The van der Waals surface area contributed by atoms with Gasteiger partial charge in [-0.2, -0.15) is 0 Å². The van der Waals surface area contributed by atoms with Crippen LogP contribution in [0.25, 0.3) is 0 Å². The van der Waals surface area contributed by atoms with Crippen molar-refractivity contribution in [1.29, 1.82) is 0 Å². The van der Waals surface area contributed by atoms with Gasteiger partial charge >= 0.3 is 0 Å². The summed E-state index contributed by atoms with van der Waals surface area (Å²) in [6, 6.07) is 0. The Morgan fingerprint density at radius 2 is 0.825 bits per heavy atom. The molecule has 0 saturated heterocycles. The van der Waals surface area contributed by atoms with E-state index in [4.69, 9.17) is 43.7 Å². The second kappa shape index (κ2) is 21.5. The second-order valence-corrected chi connectivity index (χ2v) is 11.5. The van der Waals surface area contributed by atoms with E-state index in [1.54, 1.807) is 13.8 Å². The highest BCUT2D eigenvalue weighted by atomic mass is 16.5. The van der Waals surface area contributed by atoms with Crippen molar-refractivity contribution in [2.45, 2.75) is 117 Å². The van der Waals surface area contributed by atoms with Gasteiger partial charge in [-0.3, -0.25) is 0 Å². The number of aliphatic hydroxyl groups is 3. The molecule has 0 aromatic carbocycles. The fraction of sp³-hybridized carbons (Fsp3) is 0.871. The van der Waals surface area contributed by atoms with Crippen molar-refractivity contribution in [2.24, 2.45) is 0 Å². The standard InChI is InChI=1S/C18H34O6.C13H24O3/c1-15(19)13-21-9-11-23-17(3,4)7-8-18(5,6)24-12-10-22-14-16(2)20;1-6-10-15-12(2,3)7-8-13(4,5)16-11-9-14/h15-16,19-20H,9-14H2,1-6H3;14H,6,9-11H2,1-5H3. The fourth-order valence-corrected chi connectivity index (χ4v) is 2.62. The highest BCUT2D eigenvalue weighted by Gasteiger charge is 2.20. The average molecular weight is 575 g/mol. The van der Waals surface area contributed by atoms with Crippen LogP contribution >= 0.6 is 0 Å². The maximum atomic E-state index is 9.09. The Balaban J connectivity index is 0. The molecule has 3 N–H and O–H groups in total. The lowest BCUT2D eigenvalue weighted by molar-refractivity contribution is -0.0332. The number of rotatable bonds is 18. The van der Waals surface area contributed by atoms with Crippen LogP contribution in [0.15, 0.2) is 0 Å². The molecule has 0 aliphatic heterocycles. The minimum Gasteiger partial charge on any atom is -0.394 e. The van der Waals surface area contributed by atoms with Crippen molar-refractivity contribution in [3.05, 3.63) is 0 Å². The van der Waals surface area contributed by atoms with Crippen LogP contribution in [-0.2, 0) is 28.4 Å². The highest BCUT2D eigenvalue weighted by molar-refractivity contribution is 5.19. The summed E-state index contributed by atoms with van der Waals surface area (Å²) < 4.78 is 32.9. The molecule has 0 fully saturated rings. The third-order valence-corrected chi connectivity index (χ3v) is 4.65. The Morgan fingerprint density at radius 1 is 0.525 bits per heavy atom. The molecule has 0 aliphatic rings. The second-order valence-electron chi connectivity index (χ2n) is 11.5. The molecule has 0 radical (unpaired) electrons. The lowest BCUT2D eigenvalue weighted by Gasteiger charge is -2.22. The normalized spacial score (nSPS) is 13.8. The molecular weight excluding hydrogens is 516 g/mol. The fourth-order valence-electron chi connectivity index (χ4n) is 2.62. The molecule has 0 rings (SSSR count). The van der Waals surface area contributed by atoms with Crippen molar-refractivity contribution in [1.82, 2.24) is 0 Å². The maximum Gasteiger partial charge on any atom is 0.123 e. The van der Waals surface area contributed by atoms with E-state index in [-0.39, 0.29) is 6.61 Å². The first-order valence-electron chi connectivity index (χ1n) is 14.1. The van der Waals surface area contributed by atoms with Crippen molar-refractivity contribution < 1.29 is 43.7 Å². The number of hydrogen-bond acceptors (Lipinski definition) is 9. The predicted molar refractivity (Wildman–Crippen MR) is 158 cm³/mol. The molecule has 0 spiro atoms. The molecule has 0 amide bonds. The quantitative estimate of drug-likeness (QED) is 0.167. The molecule has 0 aromatic rings. The number of hydrogen-bond donors (Lipinski definition) is 3. The Hall–Kier alpha value is -1.24. The smallest absolute Gasteiger partial charge is 0.123 e. The summed E-state index contributed by atoms with van der Waals surface area (Å²) in [7, 11) is 0. The van der Waals surface area contributed by atoms with E-state index in [9.17, 15) is 0 Å². The van der Waals surface area contributed by atoms with Crippen molar-refractivity contribution in [3.8, 4) is 23.7 Å². The molecule has 0 aliphatic carbocycles. The van der Waals surface area contributed by atoms with Crippen molar-refractivity contribution in [3.63, 3.8) is 0 Å². The molecule has 9 heteroatoms. The zero-order valence-electron chi connectivity index (χ0n) is 27.0. The van der Waals surface area contributed by atoms with Gasteiger partial charge in [0.15, 0.2) is 0 Å². The molecule has 0 saturated carbocycles. The molecule has 236 valence electrons.